The number of benzene rings is 2. The maximum Gasteiger partial charge on any atom is 0.231 e. The lowest BCUT2D eigenvalue weighted by Crippen LogP contribution is -2.46. The third-order valence-corrected chi connectivity index (χ3v) is 5.62. The Morgan fingerprint density at radius 1 is 0.966 bits per heavy atom. The zero-order valence-corrected chi connectivity index (χ0v) is 17.2. The number of amides is 1. The lowest BCUT2D eigenvalue weighted by molar-refractivity contribution is -0.116. The lowest BCUT2D eigenvalue weighted by Gasteiger charge is -2.34. The number of anilines is 1. The van der Waals surface area contributed by atoms with Crippen LogP contribution in [0, 0.1) is 13.8 Å². The van der Waals surface area contributed by atoms with E-state index >= 15 is 0 Å². The molecule has 6 nitrogen and oxygen atoms in total. The van der Waals surface area contributed by atoms with Crippen LogP contribution in [0.2, 0.25) is 0 Å². The fraction of sp³-hybridized carbons (Fsp3) is 0.435. The van der Waals surface area contributed by atoms with E-state index in [0.29, 0.717) is 13.2 Å². The molecule has 2 aliphatic rings. The van der Waals surface area contributed by atoms with Gasteiger partial charge >= 0.3 is 0 Å². The molecule has 1 N–H and O–H groups in total. The first kappa shape index (κ1) is 19.7. The van der Waals surface area contributed by atoms with Crippen LogP contribution in [-0.4, -0.2) is 55.2 Å². The summed E-state index contributed by atoms with van der Waals surface area (Å²) in [7, 11) is 0. The summed E-state index contributed by atoms with van der Waals surface area (Å²) in [4.78, 5) is 17.1. The van der Waals surface area contributed by atoms with Crippen LogP contribution in [0.15, 0.2) is 36.4 Å². The molecule has 0 radical (unpaired) electrons. The van der Waals surface area contributed by atoms with Crippen molar-refractivity contribution in [2.75, 3.05) is 44.8 Å². The van der Waals surface area contributed by atoms with Gasteiger partial charge in [-0.2, -0.15) is 0 Å². The standard InChI is InChI=1S/C23H29N3O3/c1-17-3-5-20(18(2)13-17)24-23(27)7-8-25-9-11-26(12-10-25)15-19-4-6-21-22(14-19)29-16-28-21/h3-6,13-14H,7-12,15-16H2,1-2H3,(H,24,27). The van der Waals surface area contributed by atoms with Gasteiger partial charge in [0, 0.05) is 51.4 Å². The number of fused-ring (bicyclic) bond motifs is 1. The average molecular weight is 396 g/mol. The normalized spacial score (nSPS) is 16.8. The number of aryl methyl sites for hydroxylation is 2. The highest BCUT2D eigenvalue weighted by molar-refractivity contribution is 5.91. The van der Waals surface area contributed by atoms with Crippen molar-refractivity contribution in [2.45, 2.75) is 26.8 Å². The highest BCUT2D eigenvalue weighted by Gasteiger charge is 2.19. The summed E-state index contributed by atoms with van der Waals surface area (Å²) in [6.45, 7) is 10.1. The molecule has 2 aromatic rings. The second-order valence-electron chi connectivity index (χ2n) is 7.92. The summed E-state index contributed by atoms with van der Waals surface area (Å²) in [5.74, 6) is 1.76. The van der Waals surface area contributed by atoms with Crippen LogP contribution in [0.25, 0.3) is 0 Å². The van der Waals surface area contributed by atoms with E-state index in [-0.39, 0.29) is 5.91 Å². The van der Waals surface area contributed by atoms with E-state index in [2.05, 4.69) is 40.2 Å². The first-order valence-electron chi connectivity index (χ1n) is 10.3. The van der Waals surface area contributed by atoms with E-state index in [9.17, 15) is 4.79 Å². The molecule has 0 aromatic heterocycles. The minimum absolute atomic E-state index is 0.0831. The lowest BCUT2D eigenvalue weighted by atomic mass is 10.1. The van der Waals surface area contributed by atoms with Crippen molar-refractivity contribution in [3.05, 3.63) is 53.1 Å². The summed E-state index contributed by atoms with van der Waals surface area (Å²) in [6, 6.07) is 12.3. The highest BCUT2D eigenvalue weighted by Crippen LogP contribution is 2.32. The highest BCUT2D eigenvalue weighted by atomic mass is 16.7. The number of piperazine rings is 1. The molecular formula is C23H29N3O3. The van der Waals surface area contributed by atoms with Crippen molar-refractivity contribution in [2.24, 2.45) is 0 Å². The van der Waals surface area contributed by atoms with Crippen LogP contribution in [0.3, 0.4) is 0 Å². The largest absolute Gasteiger partial charge is 0.454 e. The Morgan fingerprint density at radius 3 is 2.52 bits per heavy atom. The number of nitrogens with zero attached hydrogens (tertiary/aromatic N) is 2. The predicted octanol–water partition coefficient (Wildman–Crippen LogP) is 3.18. The minimum atomic E-state index is 0.0831. The molecule has 0 atom stereocenters. The molecule has 0 unspecified atom stereocenters. The summed E-state index contributed by atoms with van der Waals surface area (Å²) in [5, 5.41) is 3.04. The molecule has 2 aromatic carbocycles. The first-order chi connectivity index (χ1) is 14.1. The van der Waals surface area contributed by atoms with Crippen LogP contribution in [0.5, 0.6) is 11.5 Å². The zero-order chi connectivity index (χ0) is 20.2. The molecule has 154 valence electrons. The summed E-state index contributed by atoms with van der Waals surface area (Å²) >= 11 is 0. The van der Waals surface area contributed by atoms with Crippen LogP contribution in [0.4, 0.5) is 5.69 Å². The van der Waals surface area contributed by atoms with Gasteiger partial charge in [0.1, 0.15) is 0 Å². The molecule has 2 heterocycles. The van der Waals surface area contributed by atoms with Crippen molar-refractivity contribution in [1.29, 1.82) is 0 Å². The zero-order valence-electron chi connectivity index (χ0n) is 17.2. The van der Waals surface area contributed by atoms with Crippen molar-refractivity contribution in [3.63, 3.8) is 0 Å². The molecule has 1 amide bonds. The Bertz CT molecular complexity index is 876. The Kier molecular flexibility index (Phi) is 6.02. The molecule has 1 fully saturated rings. The Morgan fingerprint density at radius 2 is 1.72 bits per heavy atom. The van der Waals surface area contributed by atoms with E-state index in [1.54, 1.807) is 0 Å². The minimum Gasteiger partial charge on any atom is -0.454 e. The number of rotatable bonds is 6. The second-order valence-corrected chi connectivity index (χ2v) is 7.92. The van der Waals surface area contributed by atoms with Gasteiger partial charge in [-0.15, -0.1) is 0 Å². The molecule has 2 aliphatic heterocycles. The van der Waals surface area contributed by atoms with Crippen LogP contribution in [-0.2, 0) is 11.3 Å². The number of nitrogens with one attached hydrogen (secondary N) is 1. The molecule has 0 aliphatic carbocycles. The topological polar surface area (TPSA) is 54.0 Å². The van der Waals surface area contributed by atoms with Gasteiger partial charge in [0.25, 0.3) is 0 Å². The Labute approximate surface area is 172 Å². The molecule has 0 bridgehead atoms. The smallest absolute Gasteiger partial charge is 0.231 e. The predicted molar refractivity (Wildman–Crippen MR) is 113 cm³/mol. The van der Waals surface area contributed by atoms with Crippen LogP contribution < -0.4 is 14.8 Å². The molecule has 0 saturated carbocycles. The van der Waals surface area contributed by atoms with E-state index in [1.807, 2.05) is 25.1 Å². The fourth-order valence-electron chi connectivity index (χ4n) is 3.89. The second kappa shape index (κ2) is 8.84. The van der Waals surface area contributed by atoms with Crippen LogP contribution >= 0.6 is 0 Å². The van der Waals surface area contributed by atoms with E-state index in [1.165, 1.54) is 11.1 Å². The summed E-state index contributed by atoms with van der Waals surface area (Å²) < 4.78 is 10.8. The third kappa shape index (κ3) is 5.08. The van der Waals surface area contributed by atoms with Gasteiger partial charge in [-0.25, -0.2) is 0 Å². The van der Waals surface area contributed by atoms with Gasteiger partial charge in [-0.05, 0) is 43.2 Å². The van der Waals surface area contributed by atoms with E-state index in [0.717, 1.165) is 62.0 Å². The van der Waals surface area contributed by atoms with Gasteiger partial charge in [-0.3, -0.25) is 9.69 Å². The fourth-order valence-corrected chi connectivity index (χ4v) is 3.89. The number of ether oxygens (including phenoxy) is 2. The number of hydrogen-bond donors (Lipinski definition) is 1. The molecule has 1 saturated heterocycles. The van der Waals surface area contributed by atoms with Gasteiger partial charge in [-0.1, -0.05) is 23.8 Å². The molecule has 29 heavy (non-hydrogen) atoms. The van der Waals surface area contributed by atoms with E-state index < -0.39 is 0 Å². The molecular weight excluding hydrogens is 366 g/mol. The van der Waals surface area contributed by atoms with Gasteiger partial charge < -0.3 is 19.7 Å². The van der Waals surface area contributed by atoms with Gasteiger partial charge in [0.15, 0.2) is 11.5 Å². The Hall–Kier alpha value is -2.57. The number of carbonyl (C=O) groups is 1. The molecule has 0 spiro atoms. The van der Waals surface area contributed by atoms with Crippen molar-refractivity contribution < 1.29 is 14.3 Å². The Balaban J connectivity index is 1.19. The molecule has 6 heteroatoms. The summed E-state index contributed by atoms with van der Waals surface area (Å²) in [5.41, 5.74) is 4.47. The average Bonchev–Trinajstić information content (AvgIpc) is 3.17. The van der Waals surface area contributed by atoms with Crippen molar-refractivity contribution >= 4 is 11.6 Å². The third-order valence-electron chi connectivity index (χ3n) is 5.62. The number of carbonyl (C=O) groups excluding carboxylic acids is 1. The monoisotopic (exact) mass is 395 g/mol. The van der Waals surface area contributed by atoms with Gasteiger partial charge in [0.05, 0.1) is 0 Å². The van der Waals surface area contributed by atoms with Gasteiger partial charge in [0.2, 0.25) is 12.7 Å². The molecule has 4 rings (SSSR count). The first-order valence-corrected chi connectivity index (χ1v) is 10.3. The maximum absolute atomic E-state index is 12.3. The van der Waals surface area contributed by atoms with Crippen molar-refractivity contribution in [1.82, 2.24) is 9.80 Å². The number of hydrogen-bond acceptors (Lipinski definition) is 5. The van der Waals surface area contributed by atoms with Crippen molar-refractivity contribution in [3.8, 4) is 11.5 Å². The maximum atomic E-state index is 12.3. The van der Waals surface area contributed by atoms with E-state index in [4.69, 9.17) is 9.47 Å². The van der Waals surface area contributed by atoms with Crippen LogP contribution in [0.1, 0.15) is 23.1 Å². The summed E-state index contributed by atoms with van der Waals surface area (Å²) in [6.07, 6.45) is 0.523. The SMILES string of the molecule is Cc1ccc(NC(=O)CCN2CCN(Cc3ccc4c(c3)OCO4)CC2)c(C)c1. The quantitative estimate of drug-likeness (QED) is 0.814.